The molecule has 10 nitrogen and oxygen atoms in total. The van der Waals surface area contributed by atoms with Gasteiger partial charge in [0, 0.05) is 42.7 Å². The molecule has 3 heterocycles. The van der Waals surface area contributed by atoms with Crippen LogP contribution >= 0.6 is 0 Å². The number of hydrogen-bond donors (Lipinski definition) is 3. The highest BCUT2D eigenvalue weighted by atomic mass is 19.1. The van der Waals surface area contributed by atoms with Crippen LogP contribution in [0.4, 0.5) is 20.8 Å². The molecule has 4 aliphatic rings. The molecule has 0 aromatic carbocycles. The molecule has 0 unspecified atom stereocenters. The van der Waals surface area contributed by atoms with E-state index in [9.17, 15) is 4.79 Å². The molecular formula is C22H26FN7O3. The monoisotopic (exact) mass is 455 g/mol. The van der Waals surface area contributed by atoms with Gasteiger partial charge in [0.05, 0.1) is 12.3 Å². The molecule has 4 fully saturated rings. The summed E-state index contributed by atoms with van der Waals surface area (Å²) in [6.07, 6.45) is 4.98. The smallest absolute Gasteiger partial charge is 0.407 e. The number of carbonyl (C=O) groups is 1. The predicted octanol–water partition coefficient (Wildman–Crippen LogP) is 3.21. The zero-order valence-corrected chi connectivity index (χ0v) is 18.3. The van der Waals surface area contributed by atoms with Crippen LogP contribution < -0.4 is 10.6 Å². The van der Waals surface area contributed by atoms with Gasteiger partial charge in [-0.2, -0.15) is 10.2 Å². The molecule has 1 amide bonds. The third kappa shape index (κ3) is 3.60. The van der Waals surface area contributed by atoms with Crippen molar-refractivity contribution in [2.24, 2.45) is 5.92 Å². The van der Waals surface area contributed by atoms with E-state index in [-0.39, 0.29) is 5.54 Å². The van der Waals surface area contributed by atoms with E-state index in [0.717, 1.165) is 36.4 Å². The van der Waals surface area contributed by atoms with Crippen molar-refractivity contribution >= 4 is 23.2 Å². The first-order chi connectivity index (χ1) is 16.0. The van der Waals surface area contributed by atoms with E-state index < -0.39 is 24.3 Å². The van der Waals surface area contributed by atoms with Gasteiger partial charge in [-0.1, -0.05) is 0 Å². The van der Waals surface area contributed by atoms with Gasteiger partial charge in [0.15, 0.2) is 11.6 Å². The number of nitrogens with one attached hydrogen (secondary N) is 3. The number of alkyl carbamates (subject to hydrolysis) is 1. The topological polar surface area (TPSA) is 118 Å². The Labute approximate surface area is 189 Å². The molecule has 4 saturated carbocycles. The summed E-state index contributed by atoms with van der Waals surface area (Å²) in [6, 6.07) is 3.67. The van der Waals surface area contributed by atoms with Crippen molar-refractivity contribution in [2.45, 2.75) is 62.4 Å². The van der Waals surface area contributed by atoms with E-state index >= 15 is 4.39 Å². The molecule has 0 radical (unpaired) electrons. The first-order valence-corrected chi connectivity index (χ1v) is 11.3. The normalized spacial score (nSPS) is 30.0. The zero-order valence-electron chi connectivity index (χ0n) is 18.3. The van der Waals surface area contributed by atoms with E-state index in [1.807, 2.05) is 6.07 Å². The first-order valence-electron chi connectivity index (χ1n) is 11.3. The molecule has 7 rings (SSSR count). The Hall–Kier alpha value is -3.21. The van der Waals surface area contributed by atoms with E-state index in [0.29, 0.717) is 36.8 Å². The quantitative estimate of drug-likeness (QED) is 0.501. The highest BCUT2D eigenvalue weighted by Gasteiger charge is 2.58. The maximum Gasteiger partial charge on any atom is 0.407 e. The zero-order chi connectivity index (χ0) is 22.6. The van der Waals surface area contributed by atoms with Crippen LogP contribution in [0.3, 0.4) is 0 Å². The van der Waals surface area contributed by atoms with Crippen LogP contribution in [0.2, 0.25) is 0 Å². The molecule has 2 bridgehead atoms. The fourth-order valence-corrected chi connectivity index (χ4v) is 5.39. The second-order valence-corrected chi connectivity index (χ2v) is 9.46. The lowest BCUT2D eigenvalue weighted by molar-refractivity contribution is -0.0532. The molecule has 0 spiro atoms. The SMILES string of the molecule is COCc1cc2c(Nc3cc([C@H]4CC[C@@H](OC(=O)NC56CC(C5)C6)[C@@H]4F)[nH]n3)nccn2n1. The third-order valence-corrected chi connectivity index (χ3v) is 7.14. The fraction of sp³-hybridized carbons (Fsp3) is 0.545. The van der Waals surface area contributed by atoms with Gasteiger partial charge in [0.25, 0.3) is 0 Å². The number of hydrogen-bond acceptors (Lipinski definition) is 7. The standard InChI is InChI=1S/C22H26FN7O3/c1-32-11-13-6-16-20(24-4-5-30(16)29-13)25-18-7-15(27-28-18)14-2-3-17(19(14)23)33-21(31)26-22-8-12(9-22)10-22/h4-7,12,14,17,19H,2-3,8-11H2,1H3,(H,26,31)(H2,24,25,27,28)/t12?,14-,17-,19-,22?/m1/s1. The number of methoxy groups -OCH3 is 1. The van der Waals surface area contributed by atoms with E-state index in [1.165, 1.54) is 0 Å². The number of nitrogens with zero attached hydrogens (tertiary/aromatic N) is 4. The van der Waals surface area contributed by atoms with Crippen molar-refractivity contribution in [1.29, 1.82) is 0 Å². The molecule has 33 heavy (non-hydrogen) atoms. The summed E-state index contributed by atoms with van der Waals surface area (Å²) < 4.78 is 27.4. The average molecular weight is 455 g/mol. The Morgan fingerprint density at radius 3 is 2.94 bits per heavy atom. The van der Waals surface area contributed by atoms with Crippen molar-refractivity contribution in [3.05, 3.63) is 35.9 Å². The van der Waals surface area contributed by atoms with Gasteiger partial charge < -0.3 is 20.1 Å². The maximum absolute atomic E-state index is 15.1. The number of ether oxygens (including phenoxy) is 2. The summed E-state index contributed by atoms with van der Waals surface area (Å²) in [5.41, 5.74) is 2.15. The van der Waals surface area contributed by atoms with Crippen molar-refractivity contribution < 1.29 is 18.7 Å². The summed E-state index contributed by atoms with van der Waals surface area (Å²) in [5.74, 6) is 1.45. The number of amides is 1. The highest BCUT2D eigenvalue weighted by molar-refractivity contribution is 5.72. The Balaban J connectivity index is 1.11. The molecule has 11 heteroatoms. The molecule has 3 N–H and O–H groups in total. The Morgan fingerprint density at radius 1 is 1.33 bits per heavy atom. The van der Waals surface area contributed by atoms with Crippen molar-refractivity contribution in [3.8, 4) is 0 Å². The van der Waals surface area contributed by atoms with Crippen LogP contribution in [-0.2, 0) is 16.1 Å². The second kappa shape index (κ2) is 7.68. The van der Waals surface area contributed by atoms with Gasteiger partial charge in [-0.3, -0.25) is 5.10 Å². The third-order valence-electron chi connectivity index (χ3n) is 7.14. The van der Waals surface area contributed by atoms with Gasteiger partial charge in [0.1, 0.15) is 17.8 Å². The summed E-state index contributed by atoms with van der Waals surface area (Å²) in [7, 11) is 1.62. The molecular weight excluding hydrogens is 429 g/mol. The minimum absolute atomic E-state index is 0.0771. The van der Waals surface area contributed by atoms with Crippen molar-refractivity contribution in [2.75, 3.05) is 12.4 Å². The number of H-pyrrole nitrogens is 1. The number of aromatic amines is 1. The van der Waals surface area contributed by atoms with Gasteiger partial charge in [-0.15, -0.1) is 0 Å². The van der Waals surface area contributed by atoms with Gasteiger partial charge in [-0.25, -0.2) is 18.7 Å². The van der Waals surface area contributed by atoms with Gasteiger partial charge in [0.2, 0.25) is 0 Å². The Bertz CT molecular complexity index is 1180. The Morgan fingerprint density at radius 2 is 2.18 bits per heavy atom. The molecule has 0 saturated heterocycles. The first kappa shape index (κ1) is 20.4. The molecule has 174 valence electrons. The average Bonchev–Trinajstić information content (AvgIpc) is 3.44. The largest absolute Gasteiger partial charge is 0.443 e. The second-order valence-electron chi connectivity index (χ2n) is 9.46. The van der Waals surface area contributed by atoms with Crippen molar-refractivity contribution in [1.82, 2.24) is 30.1 Å². The molecule has 4 aliphatic carbocycles. The number of rotatable bonds is 7. The van der Waals surface area contributed by atoms with Crippen molar-refractivity contribution in [3.63, 3.8) is 0 Å². The number of aromatic nitrogens is 5. The molecule has 3 aromatic rings. The maximum atomic E-state index is 15.1. The summed E-state index contributed by atoms with van der Waals surface area (Å²) >= 11 is 0. The van der Waals surface area contributed by atoms with Crippen LogP contribution in [0.15, 0.2) is 24.5 Å². The fourth-order valence-electron chi connectivity index (χ4n) is 5.39. The lowest BCUT2D eigenvalue weighted by Gasteiger charge is -2.61. The lowest BCUT2D eigenvalue weighted by atomic mass is 9.50. The number of anilines is 2. The van der Waals surface area contributed by atoms with Crippen LogP contribution in [0.25, 0.3) is 5.52 Å². The number of carbonyl (C=O) groups excluding carboxylic acids is 1. The van der Waals surface area contributed by atoms with Gasteiger partial charge >= 0.3 is 6.09 Å². The van der Waals surface area contributed by atoms with Crippen LogP contribution in [0, 0.1) is 5.92 Å². The predicted molar refractivity (Wildman–Crippen MR) is 116 cm³/mol. The van der Waals surface area contributed by atoms with Crippen LogP contribution in [0.5, 0.6) is 0 Å². The summed E-state index contributed by atoms with van der Waals surface area (Å²) in [4.78, 5) is 16.6. The molecule has 0 aliphatic heterocycles. The molecule has 3 atom stereocenters. The number of alkyl halides is 1. The molecule has 3 aromatic heterocycles. The lowest BCUT2D eigenvalue weighted by Crippen LogP contribution is -2.68. The van der Waals surface area contributed by atoms with Gasteiger partial charge in [-0.05, 0) is 44.1 Å². The minimum atomic E-state index is -1.29. The minimum Gasteiger partial charge on any atom is -0.443 e. The van der Waals surface area contributed by atoms with Crippen LogP contribution in [-0.4, -0.2) is 55.8 Å². The van der Waals surface area contributed by atoms with E-state index in [1.54, 1.807) is 30.1 Å². The highest BCUT2D eigenvalue weighted by Crippen LogP contribution is 2.57. The Kier molecular flexibility index (Phi) is 4.75. The number of halogens is 1. The van der Waals surface area contributed by atoms with E-state index in [4.69, 9.17) is 9.47 Å². The number of fused-ring (bicyclic) bond motifs is 1. The van der Waals surface area contributed by atoms with Crippen LogP contribution in [0.1, 0.15) is 49.4 Å². The summed E-state index contributed by atoms with van der Waals surface area (Å²) in [5, 5.41) is 17.8. The van der Waals surface area contributed by atoms with E-state index in [2.05, 4.69) is 30.9 Å². The summed E-state index contributed by atoms with van der Waals surface area (Å²) in [6.45, 7) is 0.399.